The number of nitrogens with one attached hydrogen (secondary N) is 1. The van der Waals surface area contributed by atoms with Crippen molar-refractivity contribution in [3.63, 3.8) is 0 Å². The van der Waals surface area contributed by atoms with Gasteiger partial charge in [-0.25, -0.2) is 0 Å². The summed E-state index contributed by atoms with van der Waals surface area (Å²) < 4.78 is 10.7. The van der Waals surface area contributed by atoms with Crippen molar-refractivity contribution >= 4 is 5.91 Å². The van der Waals surface area contributed by atoms with Gasteiger partial charge in [0.2, 0.25) is 5.76 Å². The lowest BCUT2D eigenvalue weighted by Gasteiger charge is -2.30. The van der Waals surface area contributed by atoms with Crippen molar-refractivity contribution < 1.29 is 14.1 Å². The summed E-state index contributed by atoms with van der Waals surface area (Å²) in [4.78, 5) is 14.9. The first kappa shape index (κ1) is 19.2. The molecule has 2 saturated heterocycles. The number of hydrogen-bond acceptors (Lipinski definition) is 5. The molecule has 2 fully saturated rings. The number of rotatable bonds is 6. The smallest absolute Gasteiger partial charge is 0.290 e. The number of carbonyl (C=O) groups is 1. The fourth-order valence-corrected chi connectivity index (χ4v) is 4.08. The molecule has 0 saturated carbocycles. The quantitative estimate of drug-likeness (QED) is 0.831. The second-order valence-electron chi connectivity index (χ2n) is 7.86. The lowest BCUT2D eigenvalue weighted by Crippen LogP contribution is -2.40. The number of amides is 1. The van der Waals surface area contributed by atoms with Crippen LogP contribution >= 0.6 is 0 Å². The van der Waals surface area contributed by atoms with Gasteiger partial charge in [-0.2, -0.15) is 0 Å². The number of hydrogen-bond donors (Lipinski definition) is 1. The van der Waals surface area contributed by atoms with Gasteiger partial charge in [-0.3, -0.25) is 4.79 Å². The fourth-order valence-electron chi connectivity index (χ4n) is 4.08. The first-order valence-electron chi connectivity index (χ1n) is 10.4. The van der Waals surface area contributed by atoms with Crippen LogP contribution in [0.25, 0.3) is 0 Å². The molecule has 1 N–H and O–H groups in total. The van der Waals surface area contributed by atoms with Gasteiger partial charge in [0.15, 0.2) is 0 Å². The van der Waals surface area contributed by atoms with Crippen LogP contribution in [0.15, 0.2) is 40.9 Å². The van der Waals surface area contributed by atoms with E-state index >= 15 is 0 Å². The molecule has 0 spiro atoms. The zero-order valence-corrected chi connectivity index (χ0v) is 16.3. The van der Waals surface area contributed by atoms with Gasteiger partial charge in [0, 0.05) is 25.1 Å². The minimum Gasteiger partial charge on any atom is -0.379 e. The maximum atomic E-state index is 12.4. The van der Waals surface area contributed by atoms with Crippen molar-refractivity contribution in [1.82, 2.24) is 15.4 Å². The third-order valence-corrected chi connectivity index (χ3v) is 5.81. The summed E-state index contributed by atoms with van der Waals surface area (Å²) in [5.41, 5.74) is 2.30. The summed E-state index contributed by atoms with van der Waals surface area (Å²) in [5.74, 6) is 0.498. The standard InChI is InChI=1S/C22H29N3O3/c26-22(23-19-7-4-14-27-16-19)21-15-20(24-28-21)18-9-12-25(13-10-18)11-8-17-5-2-1-3-6-17/h1-3,5-6,15,18-19H,4,7-14,16H2,(H,23,26)/t19-/m0/s1. The second kappa shape index (κ2) is 9.34. The first-order chi connectivity index (χ1) is 13.8. The van der Waals surface area contributed by atoms with E-state index in [0.29, 0.717) is 18.3 Å². The molecule has 0 bridgehead atoms. The highest BCUT2D eigenvalue weighted by molar-refractivity contribution is 5.91. The molecule has 4 rings (SSSR count). The molecule has 1 atom stereocenters. The van der Waals surface area contributed by atoms with E-state index in [0.717, 1.165) is 64.0 Å². The summed E-state index contributed by atoms with van der Waals surface area (Å²) in [7, 11) is 0. The summed E-state index contributed by atoms with van der Waals surface area (Å²) in [6.45, 7) is 4.57. The van der Waals surface area contributed by atoms with E-state index in [1.165, 1.54) is 5.56 Å². The Morgan fingerprint density at radius 3 is 2.75 bits per heavy atom. The van der Waals surface area contributed by atoms with E-state index in [1.54, 1.807) is 0 Å². The molecule has 6 heteroatoms. The summed E-state index contributed by atoms with van der Waals surface area (Å²) >= 11 is 0. The molecule has 1 aromatic carbocycles. The van der Waals surface area contributed by atoms with Crippen molar-refractivity contribution in [2.24, 2.45) is 0 Å². The maximum Gasteiger partial charge on any atom is 0.290 e. The van der Waals surface area contributed by atoms with E-state index in [9.17, 15) is 4.79 Å². The van der Waals surface area contributed by atoms with Crippen LogP contribution in [0, 0.1) is 0 Å². The molecular weight excluding hydrogens is 354 g/mol. The molecule has 0 radical (unpaired) electrons. The molecular formula is C22H29N3O3. The van der Waals surface area contributed by atoms with E-state index in [2.05, 4.69) is 45.7 Å². The predicted molar refractivity (Wildman–Crippen MR) is 106 cm³/mol. The van der Waals surface area contributed by atoms with Gasteiger partial charge in [-0.1, -0.05) is 35.5 Å². The third kappa shape index (κ3) is 5.00. The predicted octanol–water partition coefficient (Wildman–Crippen LogP) is 3.01. The molecule has 28 heavy (non-hydrogen) atoms. The monoisotopic (exact) mass is 383 g/mol. The SMILES string of the molecule is O=C(N[C@H]1CCCOC1)c1cc(C2CCN(CCc3ccccc3)CC2)no1. The third-order valence-electron chi connectivity index (χ3n) is 5.81. The molecule has 1 aromatic heterocycles. The number of ether oxygens (including phenoxy) is 1. The average Bonchev–Trinajstić information content (AvgIpc) is 3.25. The van der Waals surface area contributed by atoms with Crippen LogP contribution in [0.5, 0.6) is 0 Å². The van der Waals surface area contributed by atoms with Gasteiger partial charge in [-0.05, 0) is 50.8 Å². The molecule has 2 aliphatic heterocycles. The lowest BCUT2D eigenvalue weighted by molar-refractivity contribution is 0.0608. The Hall–Kier alpha value is -2.18. The van der Waals surface area contributed by atoms with Gasteiger partial charge in [0.1, 0.15) is 0 Å². The van der Waals surface area contributed by atoms with E-state index < -0.39 is 0 Å². The summed E-state index contributed by atoms with van der Waals surface area (Å²) in [6.07, 6.45) is 5.13. The number of nitrogens with zero attached hydrogens (tertiary/aromatic N) is 2. The molecule has 6 nitrogen and oxygen atoms in total. The Morgan fingerprint density at radius 2 is 2.00 bits per heavy atom. The van der Waals surface area contributed by atoms with Crippen LogP contribution < -0.4 is 5.32 Å². The zero-order chi connectivity index (χ0) is 19.2. The maximum absolute atomic E-state index is 12.4. The molecule has 3 heterocycles. The zero-order valence-electron chi connectivity index (χ0n) is 16.3. The van der Waals surface area contributed by atoms with Crippen LogP contribution in [-0.2, 0) is 11.2 Å². The van der Waals surface area contributed by atoms with Crippen LogP contribution in [0.4, 0.5) is 0 Å². The van der Waals surface area contributed by atoms with Crippen molar-refractivity contribution in [3.8, 4) is 0 Å². The normalized spacial score (nSPS) is 21.5. The molecule has 1 amide bonds. The Labute approximate surface area is 166 Å². The minimum absolute atomic E-state index is 0.0719. The Balaban J connectivity index is 1.24. The van der Waals surface area contributed by atoms with Crippen LogP contribution in [0.2, 0.25) is 0 Å². The topological polar surface area (TPSA) is 67.6 Å². The molecule has 0 aliphatic carbocycles. The minimum atomic E-state index is -0.186. The average molecular weight is 383 g/mol. The largest absolute Gasteiger partial charge is 0.379 e. The Morgan fingerprint density at radius 1 is 1.18 bits per heavy atom. The highest BCUT2D eigenvalue weighted by Crippen LogP contribution is 2.27. The number of likely N-dealkylation sites (tertiary alicyclic amines) is 1. The second-order valence-corrected chi connectivity index (χ2v) is 7.86. The van der Waals surface area contributed by atoms with Gasteiger partial charge in [0.25, 0.3) is 5.91 Å². The number of aromatic nitrogens is 1. The summed E-state index contributed by atoms with van der Waals surface area (Å²) in [5, 5.41) is 7.17. The molecule has 2 aromatic rings. The fraction of sp³-hybridized carbons (Fsp3) is 0.545. The number of piperidine rings is 1. The van der Waals surface area contributed by atoms with Crippen LogP contribution in [0.1, 0.15) is 53.4 Å². The van der Waals surface area contributed by atoms with Crippen LogP contribution in [0.3, 0.4) is 0 Å². The lowest BCUT2D eigenvalue weighted by atomic mass is 9.93. The Kier molecular flexibility index (Phi) is 6.39. The van der Waals surface area contributed by atoms with Crippen LogP contribution in [-0.4, -0.2) is 54.9 Å². The molecule has 0 unspecified atom stereocenters. The van der Waals surface area contributed by atoms with E-state index in [1.807, 2.05) is 6.07 Å². The van der Waals surface area contributed by atoms with Gasteiger partial charge in [-0.15, -0.1) is 0 Å². The number of carbonyl (C=O) groups excluding carboxylic acids is 1. The van der Waals surface area contributed by atoms with Crippen molar-refractivity contribution in [2.75, 3.05) is 32.8 Å². The number of benzene rings is 1. The van der Waals surface area contributed by atoms with Gasteiger partial charge >= 0.3 is 0 Å². The van der Waals surface area contributed by atoms with Crippen molar-refractivity contribution in [1.29, 1.82) is 0 Å². The molecule has 2 aliphatic rings. The van der Waals surface area contributed by atoms with Gasteiger partial charge < -0.3 is 19.5 Å². The summed E-state index contributed by atoms with van der Waals surface area (Å²) in [6, 6.07) is 12.5. The molecule has 150 valence electrons. The highest BCUT2D eigenvalue weighted by Gasteiger charge is 2.25. The van der Waals surface area contributed by atoms with E-state index in [4.69, 9.17) is 9.26 Å². The Bertz CT molecular complexity index is 747. The van der Waals surface area contributed by atoms with E-state index in [-0.39, 0.29) is 11.9 Å². The van der Waals surface area contributed by atoms with Crippen molar-refractivity contribution in [3.05, 3.63) is 53.4 Å². The first-order valence-corrected chi connectivity index (χ1v) is 10.4. The van der Waals surface area contributed by atoms with Gasteiger partial charge in [0.05, 0.1) is 18.3 Å². The van der Waals surface area contributed by atoms with Crippen molar-refractivity contribution in [2.45, 2.75) is 44.1 Å². The highest BCUT2D eigenvalue weighted by atomic mass is 16.5.